The van der Waals surface area contributed by atoms with Crippen LogP contribution in [0.4, 0.5) is 17.1 Å². The quantitative estimate of drug-likeness (QED) is 0.140. The first-order valence-electron chi connectivity index (χ1n) is 29.3. The third-order valence-corrected chi connectivity index (χ3v) is 20.5. The van der Waals surface area contributed by atoms with Gasteiger partial charge in [0.2, 0.25) is 0 Å². The summed E-state index contributed by atoms with van der Waals surface area (Å²) in [5.41, 5.74) is 22.9. The zero-order chi connectivity index (χ0) is 56.3. The molecule has 0 aliphatic heterocycles. The van der Waals surface area contributed by atoms with Crippen molar-refractivity contribution in [1.29, 1.82) is 0 Å². The third kappa shape index (κ3) is 7.83. The van der Waals surface area contributed by atoms with E-state index in [-0.39, 0.29) is 5.41 Å². The topological polar surface area (TPSA) is 8.17 Å². The summed E-state index contributed by atoms with van der Waals surface area (Å²) in [5, 5.41) is 8.90. The molecule has 1 aliphatic carbocycles. The van der Waals surface area contributed by atoms with Gasteiger partial charge in [0, 0.05) is 79.2 Å². The lowest BCUT2D eigenvalue weighted by Gasteiger charge is -2.28. The lowest BCUT2D eigenvalue weighted by Crippen LogP contribution is -2.15. The molecule has 17 rings (SSSR count). The molecule has 4 heteroatoms. The van der Waals surface area contributed by atoms with Crippen molar-refractivity contribution in [3.63, 3.8) is 0 Å². The average Bonchev–Trinajstić information content (AvgIpc) is 2.14. The molecule has 3 aromatic heterocycles. The summed E-state index contributed by atoms with van der Waals surface area (Å²) in [7, 11) is 0. The number of fused-ring (bicyclic) bond motifs is 11. The van der Waals surface area contributed by atoms with Gasteiger partial charge in [-0.15, -0.1) is 22.7 Å². The van der Waals surface area contributed by atoms with E-state index in [1.807, 2.05) is 22.7 Å². The van der Waals surface area contributed by atoms with Crippen molar-refractivity contribution in [3.05, 3.63) is 302 Å². The molecule has 0 radical (unpaired) electrons. The van der Waals surface area contributed by atoms with Crippen LogP contribution in [0.2, 0.25) is 0 Å². The van der Waals surface area contributed by atoms with Crippen molar-refractivity contribution >= 4 is 102 Å². The molecule has 0 bridgehead atoms. The molecule has 0 spiro atoms. The standard InChI is InChI=1S/C81H54N2S2/c1-81(2)71-48-55(40-45-63(71)69-49-70-74(50-72(69)81)83(56-24-10-5-11-25-56)78(54-22-8-4-9-23-54)77(70)53-20-6-3-7-21-53)59-46-47-73(64-27-13-12-26-62(59)64)82(57-41-36-51(37-42-57)60-30-18-32-67-65-28-14-16-34-75(65)84-79(60)67)58-43-38-52(39-44-58)61-31-19-33-68-66-29-15-17-35-76(66)85-80(61)68/h3-50H,1-2H3. The van der Waals surface area contributed by atoms with E-state index >= 15 is 0 Å². The molecule has 0 saturated carbocycles. The fourth-order valence-corrected chi connectivity index (χ4v) is 16.5. The molecule has 85 heavy (non-hydrogen) atoms. The Morgan fingerprint density at radius 1 is 0.318 bits per heavy atom. The Bertz CT molecular complexity index is 5140. The Balaban J connectivity index is 0.801. The van der Waals surface area contributed by atoms with Gasteiger partial charge in [-0.25, -0.2) is 0 Å². The summed E-state index contributed by atoms with van der Waals surface area (Å²) in [4.78, 5) is 2.46. The van der Waals surface area contributed by atoms with Gasteiger partial charge in [0.1, 0.15) is 0 Å². The number of hydrogen-bond acceptors (Lipinski definition) is 3. The second-order valence-corrected chi connectivity index (χ2v) is 25.2. The first kappa shape index (κ1) is 49.5. The highest BCUT2D eigenvalue weighted by atomic mass is 32.1. The Kier molecular flexibility index (Phi) is 11.4. The van der Waals surface area contributed by atoms with Crippen molar-refractivity contribution in [2.75, 3.05) is 4.90 Å². The number of hydrogen-bond donors (Lipinski definition) is 0. The molecule has 0 atom stereocenters. The summed E-state index contributed by atoms with van der Waals surface area (Å²) in [6.45, 7) is 4.83. The van der Waals surface area contributed by atoms with E-state index in [4.69, 9.17) is 0 Å². The van der Waals surface area contributed by atoms with Gasteiger partial charge < -0.3 is 9.47 Å². The highest BCUT2D eigenvalue weighted by molar-refractivity contribution is 7.26. The van der Waals surface area contributed by atoms with Gasteiger partial charge >= 0.3 is 0 Å². The van der Waals surface area contributed by atoms with Gasteiger partial charge in [-0.1, -0.05) is 232 Å². The number of rotatable bonds is 9. The lowest BCUT2D eigenvalue weighted by molar-refractivity contribution is 0.661. The van der Waals surface area contributed by atoms with E-state index in [2.05, 4.69) is 315 Å². The first-order chi connectivity index (χ1) is 41.9. The molecule has 13 aromatic carbocycles. The smallest absolute Gasteiger partial charge is 0.0619 e. The molecule has 3 heterocycles. The highest BCUT2D eigenvalue weighted by Crippen LogP contribution is 2.55. The van der Waals surface area contributed by atoms with Crippen LogP contribution in [0.15, 0.2) is 291 Å². The van der Waals surface area contributed by atoms with Gasteiger partial charge in [-0.05, 0) is 145 Å². The Morgan fingerprint density at radius 2 is 0.800 bits per heavy atom. The summed E-state index contributed by atoms with van der Waals surface area (Å²) < 4.78 is 7.77. The number of nitrogens with zero attached hydrogens (tertiary/aromatic N) is 2. The minimum absolute atomic E-state index is 0.281. The van der Waals surface area contributed by atoms with Gasteiger partial charge in [0.05, 0.1) is 16.9 Å². The normalized spacial score (nSPS) is 12.7. The minimum atomic E-state index is -0.281. The van der Waals surface area contributed by atoms with Gasteiger partial charge in [0.25, 0.3) is 0 Å². The van der Waals surface area contributed by atoms with Gasteiger partial charge in [-0.2, -0.15) is 0 Å². The number of anilines is 3. The minimum Gasteiger partial charge on any atom is -0.310 e. The average molecular weight is 1120 g/mol. The summed E-state index contributed by atoms with van der Waals surface area (Å²) in [6, 6.07) is 108. The van der Waals surface area contributed by atoms with Crippen LogP contribution < -0.4 is 4.90 Å². The summed E-state index contributed by atoms with van der Waals surface area (Å²) >= 11 is 3.76. The van der Waals surface area contributed by atoms with Crippen LogP contribution in [0.25, 0.3) is 135 Å². The largest absolute Gasteiger partial charge is 0.310 e. The molecular formula is C81H54N2S2. The molecule has 0 fully saturated rings. The number of aromatic nitrogens is 1. The lowest BCUT2D eigenvalue weighted by atomic mass is 9.81. The predicted octanol–water partition coefficient (Wildman–Crippen LogP) is 23.6. The molecule has 0 amide bonds. The summed E-state index contributed by atoms with van der Waals surface area (Å²) in [6.07, 6.45) is 0. The van der Waals surface area contributed by atoms with Crippen molar-refractivity contribution in [1.82, 2.24) is 4.57 Å². The van der Waals surface area contributed by atoms with Crippen LogP contribution in [0.1, 0.15) is 25.0 Å². The van der Waals surface area contributed by atoms with Crippen LogP contribution in [0, 0.1) is 0 Å². The van der Waals surface area contributed by atoms with Crippen molar-refractivity contribution in [3.8, 4) is 72.6 Å². The fraction of sp³-hybridized carbons (Fsp3) is 0.0370. The molecule has 0 N–H and O–H groups in total. The monoisotopic (exact) mass is 1120 g/mol. The fourth-order valence-electron chi connectivity index (χ4n) is 14.0. The predicted molar refractivity (Wildman–Crippen MR) is 366 cm³/mol. The molecule has 16 aromatic rings. The number of para-hydroxylation sites is 1. The van der Waals surface area contributed by atoms with Crippen molar-refractivity contribution < 1.29 is 0 Å². The second kappa shape index (κ2) is 19.5. The molecule has 0 saturated heterocycles. The number of thiophene rings is 2. The van der Waals surface area contributed by atoms with Crippen LogP contribution in [0.5, 0.6) is 0 Å². The van der Waals surface area contributed by atoms with Crippen LogP contribution >= 0.6 is 22.7 Å². The van der Waals surface area contributed by atoms with E-state index < -0.39 is 0 Å². The second-order valence-electron chi connectivity index (χ2n) is 23.1. The highest BCUT2D eigenvalue weighted by Gasteiger charge is 2.38. The van der Waals surface area contributed by atoms with Gasteiger partial charge in [-0.3, -0.25) is 0 Å². The van der Waals surface area contributed by atoms with Crippen molar-refractivity contribution in [2.45, 2.75) is 19.3 Å². The Hall–Kier alpha value is -10.1. The first-order valence-corrected chi connectivity index (χ1v) is 30.9. The van der Waals surface area contributed by atoms with Crippen molar-refractivity contribution in [2.24, 2.45) is 0 Å². The zero-order valence-corrected chi connectivity index (χ0v) is 48.6. The Morgan fingerprint density at radius 3 is 1.40 bits per heavy atom. The van der Waals surface area contributed by atoms with E-state index in [0.29, 0.717) is 0 Å². The SMILES string of the molecule is CC1(C)c2cc(-c3ccc(N(c4ccc(-c5cccc6c5sc5ccccc56)cc4)c4ccc(-c5cccc6c5sc5ccccc56)cc4)c4ccccc34)ccc2-c2cc3c(-c4ccccc4)c(-c4ccccc4)n(-c4ccccc4)c3cc21. The molecule has 1 aliphatic rings. The third-order valence-electron chi connectivity index (χ3n) is 18.0. The molecular weight excluding hydrogens is 1070 g/mol. The van der Waals surface area contributed by atoms with Crippen LogP contribution in [0.3, 0.4) is 0 Å². The summed E-state index contributed by atoms with van der Waals surface area (Å²) in [5.74, 6) is 0. The van der Waals surface area contributed by atoms with Crippen LogP contribution in [-0.4, -0.2) is 4.57 Å². The Labute approximate surface area is 502 Å². The molecule has 400 valence electrons. The van der Waals surface area contributed by atoms with Crippen LogP contribution in [-0.2, 0) is 5.41 Å². The maximum atomic E-state index is 2.50. The van der Waals surface area contributed by atoms with E-state index in [1.165, 1.54) is 140 Å². The van der Waals surface area contributed by atoms with E-state index in [0.717, 1.165) is 22.7 Å². The number of benzene rings is 13. The molecule has 0 unspecified atom stereocenters. The molecule has 2 nitrogen and oxygen atoms in total. The maximum absolute atomic E-state index is 2.50. The zero-order valence-electron chi connectivity index (χ0n) is 46.9. The van der Waals surface area contributed by atoms with Gasteiger partial charge in [0.15, 0.2) is 0 Å². The maximum Gasteiger partial charge on any atom is 0.0619 e. The van der Waals surface area contributed by atoms with E-state index in [9.17, 15) is 0 Å². The van der Waals surface area contributed by atoms with E-state index in [1.54, 1.807) is 0 Å².